The lowest BCUT2D eigenvalue weighted by Gasteiger charge is -2.13. The van der Waals surface area contributed by atoms with Crippen LogP contribution in [-0.2, 0) is 12.7 Å². The zero-order valence-electron chi connectivity index (χ0n) is 15.1. The third-order valence-corrected chi connectivity index (χ3v) is 4.73. The van der Waals surface area contributed by atoms with Crippen molar-refractivity contribution >= 4 is 28.3 Å². The van der Waals surface area contributed by atoms with Crippen molar-refractivity contribution in [3.8, 4) is 0 Å². The number of rotatable bonds is 4. The third kappa shape index (κ3) is 4.29. The van der Waals surface area contributed by atoms with Crippen LogP contribution in [0.15, 0.2) is 53.5 Å². The van der Waals surface area contributed by atoms with Crippen LogP contribution in [0.5, 0.6) is 0 Å². The number of nitrogens with zero attached hydrogens (tertiary/aromatic N) is 1. The molecule has 29 heavy (non-hydrogen) atoms. The fourth-order valence-electron chi connectivity index (χ4n) is 2.96. The SMILES string of the molecule is [CH2]C([CH2])n1ccc2c(C(=O)NCc3ccc(Cl)c(C(F)(F)F)c3)cccc2c1=O. The number of aromatic nitrogens is 1. The predicted octanol–water partition coefficient (Wildman–Crippen LogP) is 4.81. The molecule has 1 aromatic heterocycles. The minimum Gasteiger partial charge on any atom is -0.348 e. The van der Waals surface area contributed by atoms with Gasteiger partial charge in [-0.3, -0.25) is 9.59 Å². The Bertz CT molecular complexity index is 1140. The van der Waals surface area contributed by atoms with Crippen LogP contribution in [0.3, 0.4) is 0 Å². The van der Waals surface area contributed by atoms with Crippen molar-refractivity contribution < 1.29 is 18.0 Å². The van der Waals surface area contributed by atoms with Gasteiger partial charge in [-0.25, -0.2) is 0 Å². The first-order valence-electron chi connectivity index (χ1n) is 8.53. The van der Waals surface area contributed by atoms with E-state index < -0.39 is 28.7 Å². The summed E-state index contributed by atoms with van der Waals surface area (Å²) in [6.45, 7) is 7.29. The molecule has 0 aliphatic heterocycles. The van der Waals surface area contributed by atoms with E-state index in [0.717, 1.165) is 12.1 Å². The van der Waals surface area contributed by atoms with Gasteiger partial charge in [0.2, 0.25) is 0 Å². The summed E-state index contributed by atoms with van der Waals surface area (Å²) in [5.74, 6) is -0.517. The Balaban J connectivity index is 1.88. The maximum atomic E-state index is 13.0. The van der Waals surface area contributed by atoms with Crippen molar-refractivity contribution in [1.29, 1.82) is 0 Å². The number of carbonyl (C=O) groups is 1. The van der Waals surface area contributed by atoms with Crippen molar-refractivity contribution in [2.45, 2.75) is 18.8 Å². The largest absolute Gasteiger partial charge is 0.417 e. The number of fused-ring (bicyclic) bond motifs is 1. The van der Waals surface area contributed by atoms with E-state index in [-0.39, 0.29) is 23.2 Å². The van der Waals surface area contributed by atoms with Crippen molar-refractivity contribution in [2.24, 2.45) is 0 Å². The number of nitrogens with one attached hydrogen (secondary N) is 1. The van der Waals surface area contributed by atoms with Gasteiger partial charge in [0, 0.05) is 35.1 Å². The van der Waals surface area contributed by atoms with Crippen molar-refractivity contribution in [1.82, 2.24) is 9.88 Å². The van der Waals surface area contributed by atoms with Gasteiger partial charge < -0.3 is 9.88 Å². The molecule has 0 fully saturated rings. The maximum absolute atomic E-state index is 13.0. The van der Waals surface area contributed by atoms with E-state index in [0.29, 0.717) is 10.8 Å². The van der Waals surface area contributed by atoms with E-state index in [2.05, 4.69) is 19.2 Å². The van der Waals surface area contributed by atoms with Gasteiger partial charge in [0.25, 0.3) is 11.5 Å². The van der Waals surface area contributed by atoms with E-state index in [1.165, 1.54) is 22.9 Å². The van der Waals surface area contributed by atoms with Crippen LogP contribution in [0.1, 0.15) is 27.5 Å². The number of halogens is 4. The van der Waals surface area contributed by atoms with Crippen molar-refractivity contribution in [3.63, 3.8) is 0 Å². The van der Waals surface area contributed by atoms with E-state index >= 15 is 0 Å². The summed E-state index contributed by atoms with van der Waals surface area (Å²) in [4.78, 5) is 25.1. The Morgan fingerprint density at radius 1 is 1.14 bits per heavy atom. The molecule has 1 amide bonds. The van der Waals surface area contributed by atoms with Crippen LogP contribution < -0.4 is 10.9 Å². The van der Waals surface area contributed by atoms with Gasteiger partial charge in [-0.2, -0.15) is 13.2 Å². The molecule has 2 radical (unpaired) electrons. The average Bonchev–Trinajstić information content (AvgIpc) is 2.66. The normalized spacial score (nSPS) is 11.8. The summed E-state index contributed by atoms with van der Waals surface area (Å²) in [5.41, 5.74) is -0.816. The van der Waals surface area contributed by atoms with Crippen LogP contribution in [0.4, 0.5) is 13.2 Å². The first kappa shape index (κ1) is 20.9. The highest BCUT2D eigenvalue weighted by atomic mass is 35.5. The summed E-state index contributed by atoms with van der Waals surface area (Å²) in [6, 6.07) is 9.21. The Hall–Kier alpha value is -2.80. The van der Waals surface area contributed by atoms with Gasteiger partial charge in [0.15, 0.2) is 0 Å². The molecule has 150 valence electrons. The van der Waals surface area contributed by atoms with Crippen LogP contribution >= 0.6 is 11.6 Å². The molecule has 1 N–H and O–H groups in total. The second kappa shape index (κ2) is 7.91. The number of hydrogen-bond acceptors (Lipinski definition) is 2. The van der Waals surface area contributed by atoms with Gasteiger partial charge in [-0.1, -0.05) is 23.7 Å². The molecular weight excluding hydrogens is 405 g/mol. The van der Waals surface area contributed by atoms with E-state index in [4.69, 9.17) is 11.6 Å². The Labute approximate surface area is 169 Å². The van der Waals surface area contributed by atoms with Gasteiger partial charge in [-0.15, -0.1) is 0 Å². The van der Waals surface area contributed by atoms with Gasteiger partial charge in [0.05, 0.1) is 10.6 Å². The number of carbonyl (C=O) groups excluding carboxylic acids is 1. The molecular formula is C21H16ClF3N2O2. The zero-order valence-corrected chi connectivity index (χ0v) is 15.8. The lowest BCUT2D eigenvalue weighted by Crippen LogP contribution is -2.25. The van der Waals surface area contributed by atoms with Crippen LogP contribution in [0.2, 0.25) is 5.02 Å². The standard InChI is InChI=1S/C21H16ClF3N2O2/c1-12(2)27-9-8-14-15(4-3-5-16(14)20(27)29)19(28)26-11-13-6-7-18(22)17(10-13)21(23,24)25/h3-10,12H,1-2,11H2,(H,26,28). The van der Waals surface area contributed by atoms with Crippen LogP contribution in [0, 0.1) is 13.8 Å². The van der Waals surface area contributed by atoms with E-state index in [9.17, 15) is 22.8 Å². The Kier molecular flexibility index (Phi) is 5.71. The first-order chi connectivity index (χ1) is 13.6. The molecule has 0 spiro atoms. The molecule has 2 aromatic carbocycles. The topological polar surface area (TPSA) is 51.1 Å². The fourth-order valence-corrected chi connectivity index (χ4v) is 3.18. The van der Waals surface area contributed by atoms with Gasteiger partial charge >= 0.3 is 6.18 Å². The summed E-state index contributed by atoms with van der Waals surface area (Å²) < 4.78 is 40.3. The Morgan fingerprint density at radius 3 is 2.52 bits per heavy atom. The fraction of sp³-hybridized carbons (Fsp3) is 0.143. The Morgan fingerprint density at radius 2 is 1.86 bits per heavy atom. The summed E-state index contributed by atoms with van der Waals surface area (Å²) in [7, 11) is 0. The molecule has 8 heteroatoms. The molecule has 4 nitrogen and oxygen atoms in total. The van der Waals surface area contributed by atoms with Crippen molar-refractivity contribution in [2.75, 3.05) is 0 Å². The minimum atomic E-state index is -4.59. The average molecular weight is 421 g/mol. The summed E-state index contributed by atoms with van der Waals surface area (Å²) in [5, 5.41) is 2.92. The number of hydrogen-bond donors (Lipinski definition) is 1. The molecule has 0 saturated carbocycles. The first-order valence-corrected chi connectivity index (χ1v) is 8.91. The van der Waals surface area contributed by atoms with Crippen molar-refractivity contribution in [3.05, 3.63) is 94.6 Å². The lowest BCUT2D eigenvalue weighted by atomic mass is 10.0. The van der Waals surface area contributed by atoms with Crippen LogP contribution in [0.25, 0.3) is 10.8 Å². The van der Waals surface area contributed by atoms with E-state index in [1.807, 2.05) is 0 Å². The molecule has 0 unspecified atom stereocenters. The smallest absolute Gasteiger partial charge is 0.348 e. The number of alkyl halides is 3. The quantitative estimate of drug-likeness (QED) is 0.658. The molecule has 0 saturated heterocycles. The van der Waals surface area contributed by atoms with Gasteiger partial charge in [0.1, 0.15) is 0 Å². The molecule has 0 bridgehead atoms. The molecule has 0 atom stereocenters. The number of benzene rings is 2. The highest BCUT2D eigenvalue weighted by molar-refractivity contribution is 6.31. The zero-order chi connectivity index (χ0) is 21.3. The minimum absolute atomic E-state index is 0.133. The second-order valence-corrected chi connectivity index (χ2v) is 6.85. The monoisotopic (exact) mass is 420 g/mol. The summed E-state index contributed by atoms with van der Waals surface area (Å²) in [6.07, 6.45) is -3.09. The highest BCUT2D eigenvalue weighted by Gasteiger charge is 2.33. The third-order valence-electron chi connectivity index (χ3n) is 4.40. The maximum Gasteiger partial charge on any atom is 0.417 e. The summed E-state index contributed by atoms with van der Waals surface area (Å²) >= 11 is 5.61. The van der Waals surface area contributed by atoms with E-state index in [1.54, 1.807) is 18.2 Å². The molecule has 1 heterocycles. The predicted molar refractivity (Wildman–Crippen MR) is 106 cm³/mol. The molecule has 0 aliphatic carbocycles. The second-order valence-electron chi connectivity index (χ2n) is 6.44. The number of pyridine rings is 1. The lowest BCUT2D eigenvalue weighted by molar-refractivity contribution is -0.137. The highest BCUT2D eigenvalue weighted by Crippen LogP contribution is 2.35. The molecule has 3 rings (SSSR count). The molecule has 3 aromatic rings. The molecule has 0 aliphatic rings. The van der Waals surface area contributed by atoms with Crippen LogP contribution in [-0.4, -0.2) is 10.5 Å². The number of amides is 1. The van der Waals surface area contributed by atoms with Gasteiger partial charge in [-0.05, 0) is 49.7 Å².